The van der Waals surface area contributed by atoms with Crippen molar-refractivity contribution in [3.8, 4) is 5.75 Å². The number of alkyl halides is 3. The average molecular weight is 307 g/mol. The Morgan fingerprint density at radius 2 is 2.10 bits per heavy atom. The summed E-state index contributed by atoms with van der Waals surface area (Å²) in [7, 11) is 1.23. The molecule has 21 heavy (non-hydrogen) atoms. The van der Waals surface area contributed by atoms with Crippen LogP contribution in [0.3, 0.4) is 0 Å². The first-order valence-corrected chi connectivity index (χ1v) is 6.16. The van der Waals surface area contributed by atoms with Crippen LogP contribution in [0.2, 0.25) is 0 Å². The Hall–Kier alpha value is -1.83. The fourth-order valence-corrected chi connectivity index (χ4v) is 2.12. The number of benzene rings is 1. The Labute approximate surface area is 118 Å². The number of hydrogen-bond donors (Lipinski definition) is 1. The smallest absolute Gasteiger partial charge is 0.419 e. The van der Waals surface area contributed by atoms with Crippen LogP contribution in [0, 0.1) is 5.82 Å². The van der Waals surface area contributed by atoms with Crippen LogP contribution in [0.4, 0.5) is 17.6 Å². The van der Waals surface area contributed by atoms with Crippen LogP contribution in [0.15, 0.2) is 18.2 Å². The second-order valence-corrected chi connectivity index (χ2v) is 4.58. The summed E-state index contributed by atoms with van der Waals surface area (Å²) in [5.41, 5.74) is -1.38. The van der Waals surface area contributed by atoms with E-state index in [1.807, 2.05) is 0 Å². The van der Waals surface area contributed by atoms with Gasteiger partial charge in [0.05, 0.1) is 12.7 Å². The van der Waals surface area contributed by atoms with E-state index in [-0.39, 0.29) is 13.0 Å². The molecule has 1 aromatic rings. The normalized spacial score (nSPS) is 22.1. The number of halogens is 4. The van der Waals surface area contributed by atoms with E-state index in [1.54, 1.807) is 0 Å². The van der Waals surface area contributed by atoms with Gasteiger partial charge >= 0.3 is 12.1 Å². The summed E-state index contributed by atoms with van der Waals surface area (Å²) in [6.07, 6.45) is -5.19. The van der Waals surface area contributed by atoms with E-state index in [4.69, 9.17) is 4.74 Å². The molecule has 8 heteroatoms. The molecule has 0 unspecified atom stereocenters. The molecular weight excluding hydrogens is 294 g/mol. The maximum Gasteiger partial charge on any atom is 0.419 e. The second-order valence-electron chi connectivity index (χ2n) is 4.58. The number of hydrogen-bond acceptors (Lipinski definition) is 4. The van der Waals surface area contributed by atoms with E-state index < -0.39 is 41.4 Å². The van der Waals surface area contributed by atoms with Gasteiger partial charge in [-0.05, 0) is 12.1 Å². The number of carbonyl (C=O) groups is 1. The minimum atomic E-state index is -4.79. The molecule has 0 bridgehead atoms. The molecule has 1 aromatic carbocycles. The fourth-order valence-electron chi connectivity index (χ4n) is 2.12. The van der Waals surface area contributed by atoms with Crippen LogP contribution >= 0.6 is 0 Å². The highest BCUT2D eigenvalue weighted by Gasteiger charge is 2.36. The van der Waals surface area contributed by atoms with Gasteiger partial charge in [-0.3, -0.25) is 4.79 Å². The van der Waals surface area contributed by atoms with E-state index in [1.165, 1.54) is 7.11 Å². The minimum Gasteiger partial charge on any atom is -0.486 e. The Balaban J connectivity index is 2.10. The topological polar surface area (TPSA) is 47.6 Å². The molecule has 116 valence electrons. The van der Waals surface area contributed by atoms with Gasteiger partial charge in [0.15, 0.2) is 11.6 Å². The number of methoxy groups -OCH3 is 1. The van der Waals surface area contributed by atoms with Crippen LogP contribution in [-0.4, -0.2) is 31.8 Å². The van der Waals surface area contributed by atoms with Gasteiger partial charge in [0.1, 0.15) is 12.1 Å². The molecule has 1 N–H and O–H groups in total. The van der Waals surface area contributed by atoms with Crippen molar-refractivity contribution >= 4 is 5.97 Å². The van der Waals surface area contributed by atoms with Crippen molar-refractivity contribution in [2.45, 2.75) is 24.7 Å². The standard InChI is InChI=1S/C13H13F4NO3/c1-20-12(19)9-5-7(6-18-9)21-10-4-2-3-8(11(10)14)13(15,16)17/h2-4,7,9,18H,5-6H2,1H3/t7-,9-/m0/s1. The molecule has 4 nitrogen and oxygen atoms in total. The predicted octanol–water partition coefficient (Wildman–Crippen LogP) is 2.13. The highest BCUT2D eigenvalue weighted by molar-refractivity contribution is 5.76. The lowest BCUT2D eigenvalue weighted by molar-refractivity contribution is -0.142. The van der Waals surface area contributed by atoms with Gasteiger partial charge < -0.3 is 14.8 Å². The zero-order valence-corrected chi connectivity index (χ0v) is 11.0. The van der Waals surface area contributed by atoms with E-state index in [9.17, 15) is 22.4 Å². The third-order valence-electron chi connectivity index (χ3n) is 3.14. The molecular formula is C13H13F4NO3. The summed E-state index contributed by atoms with van der Waals surface area (Å²) in [5.74, 6) is -2.43. The first-order chi connectivity index (χ1) is 9.82. The molecule has 0 spiro atoms. The third-order valence-corrected chi connectivity index (χ3v) is 3.14. The van der Waals surface area contributed by atoms with E-state index in [0.717, 1.165) is 12.1 Å². The molecule has 1 aliphatic rings. The molecule has 2 atom stereocenters. The van der Waals surface area contributed by atoms with Crippen molar-refractivity contribution in [2.75, 3.05) is 13.7 Å². The summed E-state index contributed by atoms with van der Waals surface area (Å²) >= 11 is 0. The van der Waals surface area contributed by atoms with Crippen LogP contribution in [0.5, 0.6) is 5.75 Å². The number of ether oxygens (including phenoxy) is 2. The third kappa shape index (κ3) is 3.44. The molecule has 1 aliphatic heterocycles. The van der Waals surface area contributed by atoms with Gasteiger partial charge in [0.2, 0.25) is 0 Å². The quantitative estimate of drug-likeness (QED) is 0.686. The maximum absolute atomic E-state index is 13.8. The molecule has 0 saturated carbocycles. The number of esters is 1. The molecule has 2 rings (SSSR count). The van der Waals surface area contributed by atoms with Crippen LogP contribution in [0.1, 0.15) is 12.0 Å². The molecule has 0 aliphatic carbocycles. The second kappa shape index (κ2) is 5.88. The summed E-state index contributed by atoms with van der Waals surface area (Å²) in [4.78, 5) is 11.3. The van der Waals surface area contributed by atoms with Crippen molar-refractivity contribution in [2.24, 2.45) is 0 Å². The van der Waals surface area contributed by atoms with E-state index >= 15 is 0 Å². The number of nitrogens with one attached hydrogen (secondary N) is 1. The van der Waals surface area contributed by atoms with Crippen LogP contribution in [-0.2, 0) is 15.7 Å². The SMILES string of the molecule is COC(=O)[C@@H]1C[C@H](Oc2cccc(C(F)(F)F)c2F)CN1. The lowest BCUT2D eigenvalue weighted by Crippen LogP contribution is -2.31. The first kappa shape index (κ1) is 15.6. The van der Waals surface area contributed by atoms with Crippen molar-refractivity contribution in [1.82, 2.24) is 5.32 Å². The van der Waals surface area contributed by atoms with Crippen molar-refractivity contribution in [1.29, 1.82) is 0 Å². The fraction of sp³-hybridized carbons (Fsp3) is 0.462. The average Bonchev–Trinajstić information content (AvgIpc) is 2.87. The zero-order valence-electron chi connectivity index (χ0n) is 11.0. The summed E-state index contributed by atoms with van der Waals surface area (Å²) in [6.45, 7) is 0.218. The predicted molar refractivity (Wildman–Crippen MR) is 64.2 cm³/mol. The van der Waals surface area contributed by atoms with Gasteiger partial charge in [-0.25, -0.2) is 4.39 Å². The maximum atomic E-state index is 13.8. The van der Waals surface area contributed by atoms with Crippen LogP contribution in [0.25, 0.3) is 0 Å². The monoisotopic (exact) mass is 307 g/mol. The number of rotatable bonds is 3. The number of carbonyl (C=O) groups excluding carboxylic acids is 1. The summed E-state index contributed by atoms with van der Waals surface area (Å²) in [6, 6.07) is 2.23. The first-order valence-electron chi connectivity index (χ1n) is 6.16. The Morgan fingerprint density at radius 3 is 2.71 bits per heavy atom. The Kier molecular flexibility index (Phi) is 4.36. The summed E-state index contributed by atoms with van der Waals surface area (Å²) in [5, 5.41) is 2.80. The lowest BCUT2D eigenvalue weighted by Gasteiger charge is -2.16. The summed E-state index contributed by atoms with van der Waals surface area (Å²) < 4.78 is 61.3. The molecule has 0 amide bonds. The lowest BCUT2D eigenvalue weighted by atomic mass is 10.1. The van der Waals surface area contributed by atoms with Crippen molar-refractivity contribution in [3.63, 3.8) is 0 Å². The highest BCUT2D eigenvalue weighted by Crippen LogP contribution is 2.35. The highest BCUT2D eigenvalue weighted by atomic mass is 19.4. The molecule has 1 fully saturated rings. The zero-order chi connectivity index (χ0) is 15.6. The molecule has 0 aromatic heterocycles. The van der Waals surface area contributed by atoms with Crippen molar-refractivity contribution < 1.29 is 31.8 Å². The van der Waals surface area contributed by atoms with E-state index in [0.29, 0.717) is 6.07 Å². The molecule has 1 heterocycles. The van der Waals surface area contributed by atoms with Gasteiger partial charge in [0, 0.05) is 13.0 Å². The minimum absolute atomic E-state index is 0.197. The van der Waals surface area contributed by atoms with Crippen molar-refractivity contribution in [3.05, 3.63) is 29.6 Å². The molecule has 0 radical (unpaired) electrons. The van der Waals surface area contributed by atoms with Crippen LogP contribution < -0.4 is 10.1 Å². The van der Waals surface area contributed by atoms with Gasteiger partial charge in [-0.2, -0.15) is 13.2 Å². The van der Waals surface area contributed by atoms with Gasteiger partial charge in [-0.15, -0.1) is 0 Å². The Bertz CT molecular complexity index is 533. The van der Waals surface area contributed by atoms with Gasteiger partial charge in [-0.1, -0.05) is 6.07 Å². The largest absolute Gasteiger partial charge is 0.486 e. The van der Waals surface area contributed by atoms with E-state index in [2.05, 4.69) is 10.1 Å². The Morgan fingerprint density at radius 1 is 1.38 bits per heavy atom. The molecule has 1 saturated heterocycles. The van der Waals surface area contributed by atoms with Gasteiger partial charge in [0.25, 0.3) is 0 Å².